The summed E-state index contributed by atoms with van der Waals surface area (Å²) in [7, 11) is 0. The van der Waals surface area contributed by atoms with Crippen molar-refractivity contribution in [2.45, 2.75) is 40.5 Å². The van der Waals surface area contributed by atoms with Crippen molar-refractivity contribution in [3.05, 3.63) is 0 Å². The van der Waals surface area contributed by atoms with Crippen LogP contribution in [0.3, 0.4) is 0 Å². The third kappa shape index (κ3) is 9.73. The van der Waals surface area contributed by atoms with Gasteiger partial charge in [0.25, 0.3) is 0 Å². The lowest BCUT2D eigenvalue weighted by Crippen LogP contribution is -2.32. The largest absolute Gasteiger partial charge is 0.370 e. The van der Waals surface area contributed by atoms with Gasteiger partial charge < -0.3 is 10.6 Å². The van der Waals surface area contributed by atoms with E-state index in [0.29, 0.717) is 18.3 Å². The first-order valence-corrected chi connectivity index (χ1v) is 5.92. The highest BCUT2D eigenvalue weighted by atomic mass is 16.1. The molecule has 0 aliphatic carbocycles. The van der Waals surface area contributed by atoms with Crippen LogP contribution in [-0.2, 0) is 4.79 Å². The van der Waals surface area contributed by atoms with Crippen molar-refractivity contribution in [2.75, 3.05) is 19.6 Å². The van der Waals surface area contributed by atoms with Crippen LogP contribution in [0, 0.1) is 11.8 Å². The highest BCUT2D eigenvalue weighted by Crippen LogP contribution is 2.05. The highest BCUT2D eigenvalue weighted by Gasteiger charge is 2.09. The Morgan fingerprint density at radius 1 is 1.13 bits per heavy atom. The van der Waals surface area contributed by atoms with E-state index in [9.17, 15) is 4.79 Å². The number of carbonyl (C=O) groups is 1. The Morgan fingerprint density at radius 2 is 1.60 bits per heavy atom. The smallest absolute Gasteiger partial charge is 0.217 e. The van der Waals surface area contributed by atoms with E-state index in [4.69, 9.17) is 5.73 Å². The molecule has 1 amide bonds. The molecule has 0 saturated carbocycles. The van der Waals surface area contributed by atoms with Crippen LogP contribution in [-0.4, -0.2) is 30.4 Å². The Morgan fingerprint density at radius 3 is 1.93 bits per heavy atom. The molecule has 0 saturated heterocycles. The summed E-state index contributed by atoms with van der Waals surface area (Å²) in [4.78, 5) is 13.1. The first-order valence-electron chi connectivity index (χ1n) is 5.92. The van der Waals surface area contributed by atoms with E-state index in [1.54, 1.807) is 0 Å². The summed E-state index contributed by atoms with van der Waals surface area (Å²) in [6, 6.07) is 0. The van der Waals surface area contributed by atoms with Crippen LogP contribution in [0.15, 0.2) is 0 Å². The second kappa shape index (κ2) is 7.69. The number of amides is 1. The average molecular weight is 214 g/mol. The number of carbonyl (C=O) groups excluding carboxylic acids is 1. The first-order chi connectivity index (χ1) is 6.91. The molecule has 15 heavy (non-hydrogen) atoms. The average Bonchev–Trinajstić information content (AvgIpc) is 2.00. The third-order valence-corrected chi connectivity index (χ3v) is 2.14. The summed E-state index contributed by atoms with van der Waals surface area (Å²) < 4.78 is 0. The van der Waals surface area contributed by atoms with E-state index in [1.165, 1.54) is 0 Å². The lowest BCUT2D eigenvalue weighted by molar-refractivity contribution is -0.118. The molecule has 0 aromatic rings. The molecule has 0 spiro atoms. The van der Waals surface area contributed by atoms with Gasteiger partial charge in [0, 0.05) is 19.5 Å². The normalized spacial score (nSPS) is 11.7. The minimum absolute atomic E-state index is 0.191. The Kier molecular flexibility index (Phi) is 7.39. The monoisotopic (exact) mass is 214 g/mol. The van der Waals surface area contributed by atoms with Crippen molar-refractivity contribution in [1.29, 1.82) is 0 Å². The summed E-state index contributed by atoms with van der Waals surface area (Å²) in [6.07, 6.45) is 1.39. The molecule has 90 valence electrons. The molecule has 0 fully saturated rings. The van der Waals surface area contributed by atoms with Gasteiger partial charge in [0.2, 0.25) is 5.91 Å². The zero-order valence-corrected chi connectivity index (χ0v) is 10.6. The van der Waals surface area contributed by atoms with Crippen molar-refractivity contribution in [2.24, 2.45) is 17.6 Å². The van der Waals surface area contributed by atoms with Gasteiger partial charge in [0.05, 0.1) is 0 Å². The molecule has 0 heterocycles. The zero-order valence-electron chi connectivity index (χ0n) is 10.6. The zero-order chi connectivity index (χ0) is 11.8. The Balaban J connectivity index is 3.84. The maximum absolute atomic E-state index is 10.6. The summed E-state index contributed by atoms with van der Waals surface area (Å²) in [5.41, 5.74) is 5.12. The maximum Gasteiger partial charge on any atom is 0.217 e. The molecule has 0 atom stereocenters. The van der Waals surface area contributed by atoms with Crippen LogP contribution < -0.4 is 5.73 Å². The van der Waals surface area contributed by atoms with Gasteiger partial charge in [0.15, 0.2) is 0 Å². The number of hydrogen-bond acceptors (Lipinski definition) is 2. The SMILES string of the molecule is CC(C)CN(CCCC(N)=O)CC(C)C. The van der Waals surface area contributed by atoms with Gasteiger partial charge in [-0.05, 0) is 24.8 Å². The number of nitrogens with two attached hydrogens (primary N) is 1. The molecular formula is C12H26N2O. The topological polar surface area (TPSA) is 46.3 Å². The number of nitrogens with zero attached hydrogens (tertiary/aromatic N) is 1. The van der Waals surface area contributed by atoms with Gasteiger partial charge in [-0.3, -0.25) is 4.79 Å². The second-order valence-corrected chi connectivity index (χ2v) is 5.12. The van der Waals surface area contributed by atoms with Gasteiger partial charge in [-0.25, -0.2) is 0 Å². The van der Waals surface area contributed by atoms with Crippen LogP contribution in [0.5, 0.6) is 0 Å². The molecular weight excluding hydrogens is 188 g/mol. The molecule has 0 bridgehead atoms. The first kappa shape index (κ1) is 14.4. The van der Waals surface area contributed by atoms with E-state index >= 15 is 0 Å². The van der Waals surface area contributed by atoms with Gasteiger partial charge in [-0.1, -0.05) is 27.7 Å². The van der Waals surface area contributed by atoms with Crippen LogP contribution in [0.1, 0.15) is 40.5 Å². The fourth-order valence-electron chi connectivity index (χ4n) is 1.77. The van der Waals surface area contributed by atoms with Gasteiger partial charge in [-0.15, -0.1) is 0 Å². The molecule has 0 aromatic carbocycles. The molecule has 0 aliphatic heterocycles. The molecule has 3 nitrogen and oxygen atoms in total. The summed E-state index contributed by atoms with van der Waals surface area (Å²) >= 11 is 0. The van der Waals surface area contributed by atoms with Gasteiger partial charge >= 0.3 is 0 Å². The Hall–Kier alpha value is -0.570. The third-order valence-electron chi connectivity index (χ3n) is 2.14. The van der Waals surface area contributed by atoms with Gasteiger partial charge in [0.1, 0.15) is 0 Å². The molecule has 0 unspecified atom stereocenters. The number of primary amides is 1. The summed E-state index contributed by atoms with van der Waals surface area (Å²) in [5.74, 6) is 1.17. The Labute approximate surface area is 94.0 Å². The maximum atomic E-state index is 10.6. The highest BCUT2D eigenvalue weighted by molar-refractivity contribution is 5.73. The summed E-state index contributed by atoms with van der Waals surface area (Å²) in [5, 5.41) is 0. The van der Waals surface area contributed by atoms with E-state index in [1.807, 2.05) is 0 Å². The number of rotatable bonds is 8. The Bertz CT molecular complexity index is 168. The minimum Gasteiger partial charge on any atom is -0.370 e. The van der Waals surface area contributed by atoms with Crippen molar-refractivity contribution in [3.63, 3.8) is 0 Å². The quantitative estimate of drug-likeness (QED) is 0.670. The molecule has 0 aromatic heterocycles. The van der Waals surface area contributed by atoms with E-state index < -0.39 is 0 Å². The lowest BCUT2D eigenvalue weighted by Gasteiger charge is -2.25. The fraction of sp³-hybridized carbons (Fsp3) is 0.917. The van der Waals surface area contributed by atoms with Crippen molar-refractivity contribution >= 4 is 5.91 Å². The van der Waals surface area contributed by atoms with E-state index in [-0.39, 0.29) is 5.91 Å². The molecule has 0 radical (unpaired) electrons. The van der Waals surface area contributed by atoms with E-state index in [0.717, 1.165) is 26.1 Å². The molecule has 0 aliphatic rings. The van der Waals surface area contributed by atoms with Crippen molar-refractivity contribution < 1.29 is 4.79 Å². The standard InChI is InChI=1S/C12H26N2O/c1-10(2)8-14(9-11(3)4)7-5-6-12(13)15/h10-11H,5-9H2,1-4H3,(H2,13,15). The lowest BCUT2D eigenvalue weighted by atomic mass is 10.1. The van der Waals surface area contributed by atoms with Crippen LogP contribution >= 0.6 is 0 Å². The van der Waals surface area contributed by atoms with Crippen LogP contribution in [0.4, 0.5) is 0 Å². The van der Waals surface area contributed by atoms with Gasteiger partial charge in [-0.2, -0.15) is 0 Å². The predicted molar refractivity (Wildman–Crippen MR) is 64.5 cm³/mol. The minimum atomic E-state index is -0.191. The van der Waals surface area contributed by atoms with Crippen molar-refractivity contribution in [3.8, 4) is 0 Å². The fourth-order valence-corrected chi connectivity index (χ4v) is 1.77. The predicted octanol–water partition coefficient (Wildman–Crippen LogP) is 1.87. The second-order valence-electron chi connectivity index (χ2n) is 5.12. The molecule has 0 rings (SSSR count). The van der Waals surface area contributed by atoms with Crippen LogP contribution in [0.25, 0.3) is 0 Å². The van der Waals surface area contributed by atoms with Crippen molar-refractivity contribution in [1.82, 2.24) is 4.90 Å². The van der Waals surface area contributed by atoms with Crippen LogP contribution in [0.2, 0.25) is 0 Å². The van der Waals surface area contributed by atoms with E-state index in [2.05, 4.69) is 32.6 Å². The molecule has 3 heteroatoms. The number of hydrogen-bond donors (Lipinski definition) is 1. The summed E-state index contributed by atoms with van der Waals surface area (Å²) in [6.45, 7) is 12.1. The molecule has 2 N–H and O–H groups in total.